The van der Waals surface area contributed by atoms with Crippen LogP contribution in [0.4, 0.5) is 0 Å². The van der Waals surface area contributed by atoms with Crippen LogP contribution in [-0.4, -0.2) is 36.5 Å². The predicted octanol–water partition coefficient (Wildman–Crippen LogP) is 5.07. The molecule has 2 aliphatic rings. The van der Waals surface area contributed by atoms with Gasteiger partial charge in [-0.3, -0.25) is 0 Å². The Bertz CT molecular complexity index is 953. The molecule has 3 aromatic rings. The Balaban J connectivity index is 1.32. The standard InChI is InChI=1S/C26H26O4S/c1-4-10-20(11-5-1)16-27-24-23-18-29-26(30-23,19-31-22-14-8-3-9-15-22)25(24)28-17-21-12-6-2-7-13-21/h1-15,23-25H,16-19H2/t23-,24-,25+,26-/m1/s1. The SMILES string of the molecule is c1ccc(CO[C@@H]2[C@H]3CO[C@](CSc4ccccc4)(O3)[C@H]2OCc2ccccc2)cc1. The van der Waals surface area contributed by atoms with E-state index in [1.807, 2.05) is 54.6 Å². The van der Waals surface area contributed by atoms with Gasteiger partial charge < -0.3 is 18.9 Å². The van der Waals surface area contributed by atoms with Crippen molar-refractivity contribution in [3.8, 4) is 0 Å². The minimum absolute atomic E-state index is 0.124. The van der Waals surface area contributed by atoms with Crippen molar-refractivity contribution < 1.29 is 18.9 Å². The van der Waals surface area contributed by atoms with Gasteiger partial charge in [0.2, 0.25) is 5.79 Å². The van der Waals surface area contributed by atoms with Gasteiger partial charge in [0.1, 0.15) is 18.3 Å². The van der Waals surface area contributed by atoms with Crippen LogP contribution in [0, 0.1) is 0 Å². The lowest BCUT2D eigenvalue weighted by Gasteiger charge is -2.35. The van der Waals surface area contributed by atoms with Gasteiger partial charge in [0.25, 0.3) is 0 Å². The molecular formula is C26H26O4S. The average Bonchev–Trinajstić information content (AvgIpc) is 3.39. The fourth-order valence-electron chi connectivity index (χ4n) is 4.11. The van der Waals surface area contributed by atoms with Crippen molar-refractivity contribution >= 4 is 11.8 Å². The number of benzene rings is 3. The number of ether oxygens (including phenoxy) is 4. The van der Waals surface area contributed by atoms with Crippen LogP contribution in [0.2, 0.25) is 0 Å². The summed E-state index contributed by atoms with van der Waals surface area (Å²) in [4.78, 5) is 1.18. The van der Waals surface area contributed by atoms with Crippen molar-refractivity contribution in [3.63, 3.8) is 0 Å². The molecular weight excluding hydrogens is 408 g/mol. The molecule has 0 aromatic heterocycles. The molecule has 0 radical (unpaired) electrons. The highest BCUT2D eigenvalue weighted by molar-refractivity contribution is 7.99. The van der Waals surface area contributed by atoms with E-state index in [4.69, 9.17) is 18.9 Å². The number of hydrogen-bond donors (Lipinski definition) is 0. The molecule has 0 unspecified atom stereocenters. The van der Waals surface area contributed by atoms with Gasteiger partial charge in [-0.2, -0.15) is 0 Å². The summed E-state index contributed by atoms with van der Waals surface area (Å²) in [5, 5.41) is 0. The molecule has 31 heavy (non-hydrogen) atoms. The Labute approximate surface area is 187 Å². The van der Waals surface area contributed by atoms with Gasteiger partial charge in [-0.05, 0) is 23.3 Å². The maximum Gasteiger partial charge on any atom is 0.207 e. The van der Waals surface area contributed by atoms with Crippen LogP contribution in [0.25, 0.3) is 0 Å². The molecule has 2 heterocycles. The van der Waals surface area contributed by atoms with E-state index in [9.17, 15) is 0 Å². The van der Waals surface area contributed by atoms with Crippen LogP contribution in [0.15, 0.2) is 95.9 Å². The third-order valence-corrected chi connectivity index (χ3v) is 6.83. The van der Waals surface area contributed by atoms with Crippen LogP contribution in [0.1, 0.15) is 11.1 Å². The zero-order chi connectivity index (χ0) is 20.9. The highest BCUT2D eigenvalue weighted by Gasteiger charge is 2.62. The molecule has 0 aliphatic carbocycles. The van der Waals surface area contributed by atoms with Gasteiger partial charge in [-0.25, -0.2) is 0 Å². The van der Waals surface area contributed by atoms with Gasteiger partial charge in [0.05, 0.1) is 25.6 Å². The highest BCUT2D eigenvalue weighted by Crippen LogP contribution is 2.45. The first-order valence-corrected chi connectivity index (χ1v) is 11.6. The Morgan fingerprint density at radius 1 is 0.774 bits per heavy atom. The predicted molar refractivity (Wildman–Crippen MR) is 121 cm³/mol. The smallest absolute Gasteiger partial charge is 0.207 e. The Morgan fingerprint density at radius 2 is 1.35 bits per heavy atom. The molecule has 0 spiro atoms. The third kappa shape index (κ3) is 4.71. The lowest BCUT2D eigenvalue weighted by molar-refractivity contribution is -0.215. The molecule has 2 bridgehead atoms. The van der Waals surface area contributed by atoms with Crippen LogP contribution < -0.4 is 0 Å². The zero-order valence-electron chi connectivity index (χ0n) is 17.3. The monoisotopic (exact) mass is 434 g/mol. The maximum atomic E-state index is 6.43. The Kier molecular flexibility index (Phi) is 6.39. The van der Waals surface area contributed by atoms with Crippen molar-refractivity contribution in [3.05, 3.63) is 102 Å². The first-order valence-electron chi connectivity index (χ1n) is 10.6. The molecule has 3 aromatic carbocycles. The van der Waals surface area contributed by atoms with E-state index in [0.717, 1.165) is 11.1 Å². The van der Waals surface area contributed by atoms with Crippen molar-refractivity contribution in [2.45, 2.75) is 42.2 Å². The summed E-state index contributed by atoms with van der Waals surface area (Å²) in [6.45, 7) is 1.55. The van der Waals surface area contributed by atoms with Gasteiger partial charge >= 0.3 is 0 Å². The lowest BCUT2D eigenvalue weighted by atomic mass is 10.0. The topological polar surface area (TPSA) is 36.9 Å². The molecule has 0 saturated carbocycles. The molecule has 4 nitrogen and oxygen atoms in total. The quantitative estimate of drug-likeness (QED) is 0.439. The van der Waals surface area contributed by atoms with Crippen molar-refractivity contribution in [1.29, 1.82) is 0 Å². The molecule has 2 aliphatic heterocycles. The number of rotatable bonds is 9. The number of hydrogen-bond acceptors (Lipinski definition) is 5. The molecule has 0 N–H and O–H groups in total. The number of thioether (sulfide) groups is 1. The summed E-state index contributed by atoms with van der Waals surface area (Å²) in [6, 6.07) is 30.7. The van der Waals surface area contributed by atoms with Crippen molar-refractivity contribution in [1.82, 2.24) is 0 Å². The largest absolute Gasteiger partial charge is 0.368 e. The molecule has 2 fully saturated rings. The Hall–Kier alpha value is -2.15. The minimum atomic E-state index is -0.804. The second-order valence-corrected chi connectivity index (χ2v) is 8.91. The normalized spacial score (nSPS) is 26.9. The van der Waals surface area contributed by atoms with E-state index in [1.54, 1.807) is 11.8 Å². The van der Waals surface area contributed by atoms with Gasteiger partial charge in [-0.1, -0.05) is 78.9 Å². The van der Waals surface area contributed by atoms with E-state index in [1.165, 1.54) is 4.90 Å². The molecule has 2 saturated heterocycles. The molecule has 5 rings (SSSR count). The van der Waals surface area contributed by atoms with E-state index in [-0.39, 0.29) is 18.3 Å². The molecule has 5 heteroatoms. The third-order valence-electron chi connectivity index (χ3n) is 5.68. The fraction of sp³-hybridized carbons (Fsp3) is 0.308. The Morgan fingerprint density at radius 3 is 2.00 bits per heavy atom. The van der Waals surface area contributed by atoms with E-state index in [2.05, 4.69) is 36.4 Å². The number of fused-ring (bicyclic) bond motifs is 2. The summed E-state index contributed by atoms with van der Waals surface area (Å²) in [5.41, 5.74) is 2.26. The van der Waals surface area contributed by atoms with Crippen molar-refractivity contribution in [2.75, 3.05) is 12.4 Å². The lowest BCUT2D eigenvalue weighted by Crippen LogP contribution is -2.52. The van der Waals surface area contributed by atoms with Crippen molar-refractivity contribution in [2.24, 2.45) is 0 Å². The summed E-state index contributed by atoms with van der Waals surface area (Å²) >= 11 is 1.72. The summed E-state index contributed by atoms with van der Waals surface area (Å²) < 4.78 is 25.4. The van der Waals surface area contributed by atoms with Crippen LogP contribution in [-0.2, 0) is 32.2 Å². The first-order chi connectivity index (χ1) is 15.3. The zero-order valence-corrected chi connectivity index (χ0v) is 18.1. The van der Waals surface area contributed by atoms with Gasteiger partial charge in [0.15, 0.2) is 0 Å². The average molecular weight is 435 g/mol. The molecule has 0 amide bonds. The van der Waals surface area contributed by atoms with E-state index >= 15 is 0 Å². The van der Waals surface area contributed by atoms with Crippen LogP contribution in [0.3, 0.4) is 0 Å². The second-order valence-electron chi connectivity index (χ2n) is 7.86. The molecule has 160 valence electrons. The minimum Gasteiger partial charge on any atom is -0.368 e. The van der Waals surface area contributed by atoms with Gasteiger partial charge in [-0.15, -0.1) is 11.8 Å². The second kappa shape index (κ2) is 9.55. The summed E-state index contributed by atoms with van der Waals surface area (Å²) in [6.07, 6.45) is -0.596. The first kappa shape index (κ1) is 20.7. The summed E-state index contributed by atoms with van der Waals surface area (Å²) in [5.74, 6) is -0.153. The fourth-order valence-corrected chi connectivity index (χ4v) is 5.14. The van der Waals surface area contributed by atoms with E-state index in [0.29, 0.717) is 25.6 Å². The summed E-state index contributed by atoms with van der Waals surface area (Å²) in [7, 11) is 0. The maximum absolute atomic E-state index is 6.43. The highest BCUT2D eigenvalue weighted by atomic mass is 32.2. The van der Waals surface area contributed by atoms with E-state index < -0.39 is 5.79 Å². The van der Waals surface area contributed by atoms with Crippen LogP contribution >= 0.6 is 11.8 Å². The van der Waals surface area contributed by atoms with Crippen LogP contribution in [0.5, 0.6) is 0 Å². The van der Waals surface area contributed by atoms with Gasteiger partial charge in [0, 0.05) is 4.90 Å². The molecule has 4 atom stereocenters.